The van der Waals surface area contributed by atoms with Crippen molar-refractivity contribution in [3.63, 3.8) is 0 Å². The number of fused-ring (bicyclic) bond motifs is 2. The van der Waals surface area contributed by atoms with Gasteiger partial charge in [0.15, 0.2) is 13.6 Å². The molecule has 6 saturated carbocycles. The molecule has 5 unspecified atom stereocenters. The molecule has 0 aromatic carbocycles. The third-order valence-electron chi connectivity index (χ3n) is 9.36. The van der Waals surface area contributed by atoms with Gasteiger partial charge in [0.1, 0.15) is 6.10 Å². The Kier molecular flexibility index (Phi) is 6.54. The van der Waals surface area contributed by atoms with Crippen molar-refractivity contribution in [2.24, 2.45) is 46.8 Å². The zero-order valence-corrected chi connectivity index (χ0v) is 19.8. The molecule has 32 heavy (non-hydrogen) atoms. The summed E-state index contributed by atoms with van der Waals surface area (Å²) in [6.45, 7) is 4.77. The fraction of sp³-hybridized carbons (Fsp3) is 0.923. The molecule has 0 saturated heterocycles. The Bertz CT molecular complexity index is 669. The maximum absolute atomic E-state index is 12.6. The van der Waals surface area contributed by atoms with Crippen molar-refractivity contribution in [3.8, 4) is 0 Å². The van der Waals surface area contributed by atoms with Crippen LogP contribution in [0.3, 0.4) is 0 Å². The average Bonchev–Trinajstić information content (AvgIpc) is 3.35. The Morgan fingerprint density at radius 3 is 2.19 bits per heavy atom. The normalized spacial score (nSPS) is 42.2. The van der Waals surface area contributed by atoms with Crippen molar-refractivity contribution in [2.75, 3.05) is 20.2 Å². The van der Waals surface area contributed by atoms with Gasteiger partial charge in [0, 0.05) is 5.92 Å². The molecule has 0 aliphatic heterocycles. The topological polar surface area (TPSA) is 71.1 Å². The smallest absolute Gasteiger partial charge is 0.311 e. The van der Waals surface area contributed by atoms with Gasteiger partial charge in [-0.15, -0.1) is 0 Å². The van der Waals surface area contributed by atoms with E-state index in [0.29, 0.717) is 11.3 Å². The summed E-state index contributed by atoms with van der Waals surface area (Å²) in [7, 11) is 0. The Balaban J connectivity index is 1.00. The molecule has 6 nitrogen and oxygen atoms in total. The van der Waals surface area contributed by atoms with Crippen molar-refractivity contribution >= 4 is 11.9 Å². The van der Waals surface area contributed by atoms with Crippen LogP contribution in [0, 0.1) is 46.8 Å². The molecule has 0 aromatic rings. The van der Waals surface area contributed by atoms with Crippen molar-refractivity contribution < 1.29 is 28.5 Å². The lowest BCUT2D eigenvalue weighted by molar-refractivity contribution is -0.185. The average molecular weight is 449 g/mol. The predicted molar refractivity (Wildman–Crippen MR) is 117 cm³/mol. The summed E-state index contributed by atoms with van der Waals surface area (Å²) in [5, 5.41) is 0. The van der Waals surface area contributed by atoms with E-state index in [2.05, 4.69) is 0 Å². The molecular weight excluding hydrogens is 408 g/mol. The molecular formula is C26H40O6. The molecule has 0 spiro atoms. The summed E-state index contributed by atoms with van der Waals surface area (Å²) in [5.41, 5.74) is 0.375. The Hall–Kier alpha value is -1.14. The molecule has 5 atom stereocenters. The number of esters is 2. The summed E-state index contributed by atoms with van der Waals surface area (Å²) in [4.78, 5) is 24.8. The first-order valence-corrected chi connectivity index (χ1v) is 13.0. The standard InChI is InChI=1S/C26H40O6/c1-3-16(2)24(27)32-23-9-17-7-21(23)22(8-17)25(28)31-15-30-14-29-13-26-10-18-4-19(11-26)6-20(5-18)12-26/h16-23H,3-15H2,1-2H3. The molecule has 0 heterocycles. The molecule has 6 fully saturated rings. The fourth-order valence-corrected chi connectivity index (χ4v) is 8.15. The molecule has 180 valence electrons. The second-order valence-electron chi connectivity index (χ2n) is 11.8. The van der Waals surface area contributed by atoms with Crippen molar-refractivity contribution in [1.82, 2.24) is 0 Å². The highest BCUT2D eigenvalue weighted by molar-refractivity contribution is 5.74. The number of hydrogen-bond acceptors (Lipinski definition) is 6. The quantitative estimate of drug-likeness (QED) is 0.274. The molecule has 6 rings (SSSR count). The summed E-state index contributed by atoms with van der Waals surface area (Å²) in [6, 6.07) is 0. The van der Waals surface area contributed by atoms with E-state index in [9.17, 15) is 9.59 Å². The first-order chi connectivity index (χ1) is 15.4. The zero-order chi connectivity index (χ0) is 22.3. The highest BCUT2D eigenvalue weighted by Gasteiger charge is 2.52. The number of carbonyl (C=O) groups excluding carboxylic acids is 2. The maximum Gasteiger partial charge on any atom is 0.311 e. The van der Waals surface area contributed by atoms with Gasteiger partial charge in [-0.05, 0) is 93.3 Å². The van der Waals surface area contributed by atoms with Gasteiger partial charge >= 0.3 is 11.9 Å². The van der Waals surface area contributed by atoms with Crippen LogP contribution in [0.5, 0.6) is 0 Å². The summed E-state index contributed by atoms with van der Waals surface area (Å²) < 4.78 is 22.5. The van der Waals surface area contributed by atoms with E-state index in [1.54, 1.807) is 0 Å². The molecule has 6 aliphatic carbocycles. The zero-order valence-electron chi connectivity index (χ0n) is 19.8. The highest BCUT2D eigenvalue weighted by Crippen LogP contribution is 2.60. The highest BCUT2D eigenvalue weighted by atomic mass is 16.7. The van der Waals surface area contributed by atoms with Gasteiger partial charge in [0.25, 0.3) is 0 Å². The molecule has 0 radical (unpaired) electrons. The molecule has 0 aromatic heterocycles. The third kappa shape index (κ3) is 4.59. The molecule has 0 N–H and O–H groups in total. The lowest BCUT2D eigenvalue weighted by Gasteiger charge is -2.56. The summed E-state index contributed by atoms with van der Waals surface area (Å²) >= 11 is 0. The Labute approximate surface area is 192 Å². The predicted octanol–water partition coefficient (Wildman–Crippen LogP) is 4.70. The van der Waals surface area contributed by atoms with Crippen LogP contribution >= 0.6 is 0 Å². The molecule has 6 heteroatoms. The maximum atomic E-state index is 12.6. The van der Waals surface area contributed by atoms with E-state index in [4.69, 9.17) is 18.9 Å². The summed E-state index contributed by atoms with van der Waals surface area (Å²) in [5.74, 6) is 2.67. The van der Waals surface area contributed by atoms with Crippen LogP contribution in [0.4, 0.5) is 0 Å². The van der Waals surface area contributed by atoms with Crippen LogP contribution in [-0.4, -0.2) is 38.2 Å². The van der Waals surface area contributed by atoms with Crippen LogP contribution in [0.2, 0.25) is 0 Å². The van der Waals surface area contributed by atoms with E-state index < -0.39 is 0 Å². The number of rotatable bonds is 10. The molecule has 6 bridgehead atoms. The summed E-state index contributed by atoms with van der Waals surface area (Å²) in [6.07, 6.45) is 11.6. The van der Waals surface area contributed by atoms with Gasteiger partial charge < -0.3 is 18.9 Å². The van der Waals surface area contributed by atoms with E-state index in [0.717, 1.165) is 50.0 Å². The van der Waals surface area contributed by atoms with Gasteiger partial charge in [0.05, 0.1) is 18.4 Å². The van der Waals surface area contributed by atoms with Crippen molar-refractivity contribution in [3.05, 3.63) is 0 Å². The van der Waals surface area contributed by atoms with Gasteiger partial charge in [-0.25, -0.2) is 0 Å². The van der Waals surface area contributed by atoms with Gasteiger partial charge in [0.2, 0.25) is 0 Å². The molecule has 0 amide bonds. The number of carbonyl (C=O) groups is 2. The van der Waals surface area contributed by atoms with E-state index in [1.807, 2.05) is 13.8 Å². The fourth-order valence-electron chi connectivity index (χ4n) is 8.15. The van der Waals surface area contributed by atoms with E-state index >= 15 is 0 Å². The number of ether oxygens (including phenoxy) is 4. The van der Waals surface area contributed by atoms with Crippen molar-refractivity contribution in [2.45, 2.75) is 84.2 Å². The van der Waals surface area contributed by atoms with Gasteiger partial charge in [-0.3, -0.25) is 9.59 Å². The van der Waals surface area contributed by atoms with Crippen LogP contribution < -0.4 is 0 Å². The van der Waals surface area contributed by atoms with E-state index in [1.165, 1.54) is 38.5 Å². The second kappa shape index (κ2) is 9.25. The van der Waals surface area contributed by atoms with Gasteiger partial charge in [-0.2, -0.15) is 0 Å². The van der Waals surface area contributed by atoms with Crippen molar-refractivity contribution in [1.29, 1.82) is 0 Å². The van der Waals surface area contributed by atoms with Crippen LogP contribution in [0.15, 0.2) is 0 Å². The van der Waals surface area contributed by atoms with Gasteiger partial charge in [-0.1, -0.05) is 13.8 Å². The van der Waals surface area contributed by atoms with E-state index in [-0.39, 0.29) is 49.4 Å². The monoisotopic (exact) mass is 448 g/mol. The minimum atomic E-state index is -0.220. The lowest BCUT2D eigenvalue weighted by Crippen LogP contribution is -2.48. The lowest BCUT2D eigenvalue weighted by atomic mass is 9.50. The first-order valence-electron chi connectivity index (χ1n) is 13.0. The molecule has 6 aliphatic rings. The Morgan fingerprint density at radius 2 is 1.56 bits per heavy atom. The van der Waals surface area contributed by atoms with Crippen LogP contribution in [0.25, 0.3) is 0 Å². The number of hydrogen-bond donors (Lipinski definition) is 0. The third-order valence-corrected chi connectivity index (χ3v) is 9.36. The first kappa shape index (κ1) is 22.6. The minimum absolute atomic E-state index is 0.0646. The van der Waals surface area contributed by atoms with Crippen LogP contribution in [-0.2, 0) is 28.5 Å². The SMILES string of the molecule is CCC(C)C(=O)OC1CC2CC(C(=O)OCOCOCC34CC5CC(CC(C5)C3)C4)C1C2. The minimum Gasteiger partial charge on any atom is -0.462 e. The van der Waals surface area contributed by atoms with Crippen LogP contribution in [0.1, 0.15) is 78.1 Å². The second-order valence-corrected chi connectivity index (χ2v) is 11.8. The largest absolute Gasteiger partial charge is 0.462 e. The Morgan fingerprint density at radius 1 is 0.875 bits per heavy atom.